The largest absolute Gasteiger partial charge is 0.490 e. The van der Waals surface area contributed by atoms with E-state index in [0.29, 0.717) is 21.9 Å². The molecular formula is C15H21Cl2NO. The molecule has 19 heavy (non-hydrogen) atoms. The lowest BCUT2D eigenvalue weighted by molar-refractivity contribution is 0.119. The fraction of sp³-hybridized carbons (Fsp3) is 0.600. The number of nitrogens with one attached hydrogen (secondary N) is 1. The van der Waals surface area contributed by atoms with Gasteiger partial charge in [0.25, 0.3) is 0 Å². The summed E-state index contributed by atoms with van der Waals surface area (Å²) in [7, 11) is 0. The molecule has 1 unspecified atom stereocenters. The molecule has 0 saturated carbocycles. The summed E-state index contributed by atoms with van der Waals surface area (Å²) in [6, 6.07) is 5.40. The Bertz CT molecular complexity index is 396. The number of halogens is 2. The van der Waals surface area contributed by atoms with Crippen molar-refractivity contribution in [3.05, 3.63) is 28.2 Å². The normalized spacial score (nSPS) is 20.8. The lowest BCUT2D eigenvalue weighted by Crippen LogP contribution is -2.30. The quantitative estimate of drug-likeness (QED) is 0.870. The minimum absolute atomic E-state index is 0.226. The minimum atomic E-state index is 0.226. The van der Waals surface area contributed by atoms with E-state index in [1.165, 1.54) is 6.42 Å². The Morgan fingerprint density at radius 3 is 2.47 bits per heavy atom. The van der Waals surface area contributed by atoms with E-state index in [9.17, 15) is 0 Å². The molecule has 0 aromatic heterocycles. The summed E-state index contributed by atoms with van der Waals surface area (Å²) in [5, 5.41) is 4.64. The first-order valence-corrected chi connectivity index (χ1v) is 7.63. The predicted molar refractivity (Wildman–Crippen MR) is 81.3 cm³/mol. The fourth-order valence-electron chi connectivity index (χ4n) is 2.57. The number of rotatable bonds is 5. The summed E-state index contributed by atoms with van der Waals surface area (Å²) < 4.78 is 6.16. The van der Waals surface area contributed by atoms with Gasteiger partial charge in [-0.2, -0.15) is 0 Å². The third kappa shape index (κ3) is 4.55. The van der Waals surface area contributed by atoms with E-state index < -0.39 is 0 Å². The lowest BCUT2D eigenvalue weighted by atomic mass is 9.93. The molecule has 1 heterocycles. The van der Waals surface area contributed by atoms with E-state index in [4.69, 9.17) is 27.9 Å². The average Bonchev–Trinajstić information content (AvgIpc) is 2.79. The van der Waals surface area contributed by atoms with Gasteiger partial charge in [-0.15, -0.1) is 0 Å². The van der Waals surface area contributed by atoms with Gasteiger partial charge in [-0.3, -0.25) is 0 Å². The number of benzene rings is 1. The first-order valence-electron chi connectivity index (χ1n) is 6.88. The Hall–Kier alpha value is -0.440. The van der Waals surface area contributed by atoms with Crippen LogP contribution in [0, 0.1) is 11.8 Å². The number of hydrogen-bond acceptors (Lipinski definition) is 2. The summed E-state index contributed by atoms with van der Waals surface area (Å²) in [6.07, 6.45) is 2.45. The van der Waals surface area contributed by atoms with Crippen LogP contribution in [-0.2, 0) is 0 Å². The highest BCUT2D eigenvalue weighted by atomic mass is 35.5. The zero-order valence-electron chi connectivity index (χ0n) is 11.5. The molecule has 1 N–H and O–H groups in total. The van der Waals surface area contributed by atoms with Crippen molar-refractivity contribution >= 4 is 23.2 Å². The standard InChI is InChI=1S/C15H21Cl2NO/c1-10(2)5-15(11-3-4-18-9-11)19-14-7-12(16)6-13(17)8-14/h6-8,10-11,15,18H,3-5,9H2,1-2H3/t11?,15-/m1/s1. The van der Waals surface area contributed by atoms with Crippen LogP contribution in [0.1, 0.15) is 26.7 Å². The van der Waals surface area contributed by atoms with Crippen LogP contribution in [0.3, 0.4) is 0 Å². The van der Waals surface area contributed by atoms with E-state index in [0.717, 1.165) is 25.3 Å². The van der Waals surface area contributed by atoms with Gasteiger partial charge in [0.1, 0.15) is 11.9 Å². The molecule has 2 rings (SSSR count). The van der Waals surface area contributed by atoms with Crippen LogP contribution in [0.25, 0.3) is 0 Å². The van der Waals surface area contributed by atoms with Crippen LogP contribution >= 0.6 is 23.2 Å². The molecular weight excluding hydrogens is 281 g/mol. The van der Waals surface area contributed by atoms with Gasteiger partial charge < -0.3 is 10.1 Å². The molecule has 1 aliphatic rings. The molecule has 0 spiro atoms. The SMILES string of the molecule is CC(C)C[C@@H](Oc1cc(Cl)cc(Cl)c1)C1CCNC1. The van der Waals surface area contributed by atoms with Crippen molar-refractivity contribution in [3.63, 3.8) is 0 Å². The maximum atomic E-state index is 6.16. The first-order chi connectivity index (χ1) is 9.04. The molecule has 1 saturated heterocycles. The second-order valence-electron chi connectivity index (χ2n) is 5.64. The zero-order valence-corrected chi connectivity index (χ0v) is 13.0. The highest BCUT2D eigenvalue weighted by Crippen LogP contribution is 2.29. The average molecular weight is 302 g/mol. The van der Waals surface area contributed by atoms with Gasteiger partial charge in [-0.05, 0) is 43.5 Å². The molecule has 1 aromatic rings. The van der Waals surface area contributed by atoms with Crippen molar-refractivity contribution in [2.45, 2.75) is 32.8 Å². The van der Waals surface area contributed by atoms with Crippen LogP contribution in [-0.4, -0.2) is 19.2 Å². The third-order valence-corrected chi connectivity index (χ3v) is 3.89. The summed E-state index contributed by atoms with van der Waals surface area (Å²) in [6.45, 7) is 6.57. The molecule has 4 heteroatoms. The fourth-order valence-corrected chi connectivity index (χ4v) is 3.07. The Kier molecular flexibility index (Phi) is 5.37. The van der Waals surface area contributed by atoms with Gasteiger partial charge in [-0.1, -0.05) is 37.0 Å². The van der Waals surface area contributed by atoms with Gasteiger partial charge in [0.15, 0.2) is 0 Å². The van der Waals surface area contributed by atoms with Crippen molar-refractivity contribution in [1.82, 2.24) is 5.32 Å². The van der Waals surface area contributed by atoms with Crippen LogP contribution in [0.15, 0.2) is 18.2 Å². The summed E-state index contributed by atoms with van der Waals surface area (Å²) in [5.41, 5.74) is 0. The molecule has 0 aliphatic carbocycles. The Labute approximate surface area is 125 Å². The van der Waals surface area contributed by atoms with Gasteiger partial charge in [0.2, 0.25) is 0 Å². The predicted octanol–water partition coefficient (Wildman–Crippen LogP) is 4.40. The second-order valence-corrected chi connectivity index (χ2v) is 6.52. The topological polar surface area (TPSA) is 21.3 Å². The van der Waals surface area contributed by atoms with Crippen molar-refractivity contribution in [1.29, 1.82) is 0 Å². The highest BCUT2D eigenvalue weighted by Gasteiger charge is 2.27. The van der Waals surface area contributed by atoms with Gasteiger partial charge >= 0.3 is 0 Å². The van der Waals surface area contributed by atoms with E-state index in [1.807, 2.05) is 12.1 Å². The van der Waals surface area contributed by atoms with Crippen LogP contribution in [0.2, 0.25) is 10.0 Å². The number of hydrogen-bond donors (Lipinski definition) is 1. The van der Waals surface area contributed by atoms with Crippen molar-refractivity contribution in [2.24, 2.45) is 11.8 Å². The summed E-state index contributed by atoms with van der Waals surface area (Å²) in [4.78, 5) is 0. The molecule has 1 aliphatic heterocycles. The molecule has 1 aromatic carbocycles. The third-order valence-electron chi connectivity index (χ3n) is 3.45. The molecule has 0 radical (unpaired) electrons. The second kappa shape index (κ2) is 6.83. The van der Waals surface area contributed by atoms with E-state index in [1.54, 1.807) is 6.07 Å². The summed E-state index contributed by atoms with van der Waals surface area (Å²) in [5.74, 6) is 1.95. The van der Waals surface area contributed by atoms with Crippen molar-refractivity contribution in [3.8, 4) is 5.75 Å². The van der Waals surface area contributed by atoms with Crippen LogP contribution in [0.5, 0.6) is 5.75 Å². The van der Waals surface area contributed by atoms with E-state index in [-0.39, 0.29) is 6.10 Å². The Morgan fingerprint density at radius 1 is 1.26 bits per heavy atom. The zero-order chi connectivity index (χ0) is 13.8. The van der Waals surface area contributed by atoms with E-state index >= 15 is 0 Å². The molecule has 2 nitrogen and oxygen atoms in total. The maximum absolute atomic E-state index is 6.16. The molecule has 0 bridgehead atoms. The smallest absolute Gasteiger partial charge is 0.122 e. The van der Waals surface area contributed by atoms with E-state index in [2.05, 4.69) is 19.2 Å². The van der Waals surface area contributed by atoms with Crippen molar-refractivity contribution < 1.29 is 4.74 Å². The van der Waals surface area contributed by atoms with Crippen LogP contribution in [0.4, 0.5) is 0 Å². The molecule has 106 valence electrons. The minimum Gasteiger partial charge on any atom is -0.490 e. The van der Waals surface area contributed by atoms with Crippen LogP contribution < -0.4 is 10.1 Å². The Morgan fingerprint density at radius 2 is 1.95 bits per heavy atom. The molecule has 2 atom stereocenters. The molecule has 0 amide bonds. The van der Waals surface area contributed by atoms with Crippen molar-refractivity contribution in [2.75, 3.05) is 13.1 Å². The van der Waals surface area contributed by atoms with Gasteiger partial charge in [-0.25, -0.2) is 0 Å². The van der Waals surface area contributed by atoms with Gasteiger partial charge in [0, 0.05) is 22.5 Å². The molecule has 1 fully saturated rings. The first kappa shape index (κ1) is 15.0. The Balaban J connectivity index is 2.09. The summed E-state index contributed by atoms with van der Waals surface area (Å²) >= 11 is 12.0. The van der Waals surface area contributed by atoms with Gasteiger partial charge in [0.05, 0.1) is 0 Å². The maximum Gasteiger partial charge on any atom is 0.122 e. The highest BCUT2D eigenvalue weighted by molar-refractivity contribution is 6.34. The monoisotopic (exact) mass is 301 g/mol. The number of ether oxygens (including phenoxy) is 1. The lowest BCUT2D eigenvalue weighted by Gasteiger charge is -2.26.